The van der Waals surface area contributed by atoms with Crippen LogP contribution < -0.4 is 0 Å². The van der Waals surface area contributed by atoms with E-state index in [4.69, 9.17) is 0 Å². The Kier molecular flexibility index (Phi) is 2.48. The monoisotopic (exact) mass is 190 g/mol. The SMILES string of the molecule is Cc1ccc(C2CCCN2C=O)cn1. The fourth-order valence-electron chi connectivity index (χ4n) is 1.95. The highest BCUT2D eigenvalue weighted by atomic mass is 16.1. The summed E-state index contributed by atoms with van der Waals surface area (Å²) in [7, 11) is 0. The summed E-state index contributed by atoms with van der Waals surface area (Å²) >= 11 is 0. The van der Waals surface area contributed by atoms with Crippen LogP contribution in [-0.4, -0.2) is 22.8 Å². The largest absolute Gasteiger partial charge is 0.338 e. The maximum absolute atomic E-state index is 10.8. The summed E-state index contributed by atoms with van der Waals surface area (Å²) in [5, 5.41) is 0. The lowest BCUT2D eigenvalue weighted by molar-refractivity contribution is -0.118. The Hall–Kier alpha value is -1.38. The molecular weight excluding hydrogens is 176 g/mol. The molecule has 0 radical (unpaired) electrons. The first-order valence-electron chi connectivity index (χ1n) is 4.95. The Morgan fingerprint density at radius 1 is 1.57 bits per heavy atom. The number of pyridine rings is 1. The van der Waals surface area contributed by atoms with Crippen molar-refractivity contribution in [3.63, 3.8) is 0 Å². The van der Waals surface area contributed by atoms with Gasteiger partial charge in [-0.15, -0.1) is 0 Å². The van der Waals surface area contributed by atoms with Crippen LogP contribution in [0.2, 0.25) is 0 Å². The summed E-state index contributed by atoms with van der Waals surface area (Å²) in [5.41, 5.74) is 2.17. The van der Waals surface area contributed by atoms with Gasteiger partial charge in [0.05, 0.1) is 6.04 Å². The first kappa shape index (κ1) is 9.19. The minimum atomic E-state index is 0.251. The number of likely N-dealkylation sites (tertiary alicyclic amines) is 1. The molecule has 0 bridgehead atoms. The van der Waals surface area contributed by atoms with E-state index in [9.17, 15) is 4.79 Å². The molecule has 0 saturated carbocycles. The third kappa shape index (κ3) is 1.62. The number of aryl methyl sites for hydroxylation is 1. The Morgan fingerprint density at radius 2 is 2.43 bits per heavy atom. The molecule has 0 aliphatic carbocycles. The van der Waals surface area contributed by atoms with Crippen LogP contribution >= 0.6 is 0 Å². The number of carbonyl (C=O) groups is 1. The minimum absolute atomic E-state index is 0.251. The van der Waals surface area contributed by atoms with Crippen LogP contribution in [0.25, 0.3) is 0 Å². The van der Waals surface area contributed by atoms with Crippen molar-refractivity contribution in [3.8, 4) is 0 Å². The summed E-state index contributed by atoms with van der Waals surface area (Å²) in [6, 6.07) is 4.31. The number of hydrogen-bond donors (Lipinski definition) is 0. The molecule has 1 fully saturated rings. The number of hydrogen-bond acceptors (Lipinski definition) is 2. The van der Waals surface area contributed by atoms with Gasteiger partial charge in [-0.1, -0.05) is 6.07 Å². The highest BCUT2D eigenvalue weighted by Crippen LogP contribution is 2.29. The number of carbonyl (C=O) groups excluding carboxylic acids is 1. The molecule has 1 atom stereocenters. The Bertz CT molecular complexity index is 321. The third-order valence-corrected chi connectivity index (χ3v) is 2.75. The summed E-state index contributed by atoms with van der Waals surface area (Å²) in [4.78, 5) is 16.9. The molecule has 2 heterocycles. The standard InChI is InChI=1S/C11H14N2O/c1-9-4-5-10(7-12-9)11-3-2-6-13(11)8-14/h4-5,7-8,11H,2-3,6H2,1H3. The summed E-state index contributed by atoms with van der Waals surface area (Å²) in [6.45, 7) is 2.85. The fourth-order valence-corrected chi connectivity index (χ4v) is 1.95. The molecule has 0 N–H and O–H groups in total. The predicted molar refractivity (Wildman–Crippen MR) is 53.7 cm³/mol. The molecule has 74 valence electrons. The number of rotatable bonds is 2. The highest BCUT2D eigenvalue weighted by Gasteiger charge is 2.24. The van der Waals surface area contributed by atoms with E-state index in [2.05, 4.69) is 11.1 Å². The first-order valence-corrected chi connectivity index (χ1v) is 4.95. The lowest BCUT2D eigenvalue weighted by atomic mass is 10.1. The zero-order chi connectivity index (χ0) is 9.97. The van der Waals surface area contributed by atoms with Crippen molar-refractivity contribution in [2.45, 2.75) is 25.8 Å². The molecule has 1 aliphatic rings. The van der Waals surface area contributed by atoms with Gasteiger partial charge in [-0.25, -0.2) is 0 Å². The molecule has 3 heteroatoms. The Labute approximate surface area is 83.8 Å². The topological polar surface area (TPSA) is 33.2 Å². The molecule has 2 rings (SSSR count). The van der Waals surface area contributed by atoms with Crippen molar-refractivity contribution >= 4 is 6.41 Å². The molecule has 1 aromatic heterocycles. The summed E-state index contributed by atoms with van der Waals surface area (Å²) in [6.07, 6.45) is 4.97. The smallest absolute Gasteiger partial charge is 0.210 e. The van der Waals surface area contributed by atoms with E-state index in [1.165, 1.54) is 0 Å². The quantitative estimate of drug-likeness (QED) is 0.665. The Morgan fingerprint density at radius 3 is 3.07 bits per heavy atom. The van der Waals surface area contributed by atoms with Crippen molar-refractivity contribution in [3.05, 3.63) is 29.6 Å². The molecular formula is C11H14N2O. The van der Waals surface area contributed by atoms with Crippen molar-refractivity contribution in [2.24, 2.45) is 0 Å². The second-order valence-electron chi connectivity index (χ2n) is 3.73. The average molecular weight is 190 g/mol. The van der Waals surface area contributed by atoms with Gasteiger partial charge >= 0.3 is 0 Å². The predicted octanol–water partition coefficient (Wildman–Crippen LogP) is 1.68. The molecule has 1 saturated heterocycles. The van der Waals surface area contributed by atoms with Gasteiger partial charge in [0, 0.05) is 18.4 Å². The zero-order valence-electron chi connectivity index (χ0n) is 8.31. The fraction of sp³-hybridized carbons (Fsp3) is 0.455. The van der Waals surface area contributed by atoms with Gasteiger partial charge in [-0.05, 0) is 31.4 Å². The van der Waals surface area contributed by atoms with Crippen molar-refractivity contribution in [1.29, 1.82) is 0 Å². The highest BCUT2D eigenvalue weighted by molar-refractivity contribution is 5.49. The molecule has 1 amide bonds. The van der Waals surface area contributed by atoms with Crippen molar-refractivity contribution < 1.29 is 4.79 Å². The van der Waals surface area contributed by atoms with E-state index in [0.717, 1.165) is 37.1 Å². The molecule has 0 aromatic carbocycles. The molecule has 3 nitrogen and oxygen atoms in total. The normalized spacial score (nSPS) is 21.2. The third-order valence-electron chi connectivity index (χ3n) is 2.75. The van der Waals surface area contributed by atoms with Gasteiger partial charge in [0.25, 0.3) is 0 Å². The van der Waals surface area contributed by atoms with Crippen LogP contribution in [0.3, 0.4) is 0 Å². The lowest BCUT2D eigenvalue weighted by Gasteiger charge is -2.19. The van der Waals surface area contributed by atoms with Crippen LogP contribution in [0, 0.1) is 6.92 Å². The van der Waals surface area contributed by atoms with E-state index < -0.39 is 0 Å². The van der Waals surface area contributed by atoms with Crippen LogP contribution in [0.5, 0.6) is 0 Å². The summed E-state index contributed by atoms with van der Waals surface area (Å²) < 4.78 is 0. The second-order valence-corrected chi connectivity index (χ2v) is 3.73. The van der Waals surface area contributed by atoms with E-state index in [1.807, 2.05) is 24.1 Å². The van der Waals surface area contributed by atoms with Crippen LogP contribution in [0.4, 0.5) is 0 Å². The average Bonchev–Trinajstić information content (AvgIpc) is 2.67. The van der Waals surface area contributed by atoms with E-state index >= 15 is 0 Å². The molecule has 1 aromatic rings. The maximum atomic E-state index is 10.8. The van der Waals surface area contributed by atoms with E-state index in [0.29, 0.717) is 0 Å². The van der Waals surface area contributed by atoms with Crippen LogP contribution in [-0.2, 0) is 4.79 Å². The number of nitrogens with zero attached hydrogens (tertiary/aromatic N) is 2. The van der Waals surface area contributed by atoms with Gasteiger partial charge in [0.1, 0.15) is 0 Å². The zero-order valence-corrected chi connectivity index (χ0v) is 8.31. The molecule has 0 spiro atoms. The lowest BCUT2D eigenvalue weighted by Crippen LogP contribution is -2.21. The van der Waals surface area contributed by atoms with Crippen molar-refractivity contribution in [1.82, 2.24) is 9.88 Å². The molecule has 1 aliphatic heterocycles. The van der Waals surface area contributed by atoms with Crippen LogP contribution in [0.15, 0.2) is 18.3 Å². The Balaban J connectivity index is 2.21. The minimum Gasteiger partial charge on any atom is -0.338 e. The van der Waals surface area contributed by atoms with Gasteiger partial charge in [-0.2, -0.15) is 0 Å². The van der Waals surface area contributed by atoms with E-state index in [1.54, 1.807) is 0 Å². The maximum Gasteiger partial charge on any atom is 0.210 e. The van der Waals surface area contributed by atoms with Crippen LogP contribution in [0.1, 0.15) is 30.1 Å². The van der Waals surface area contributed by atoms with Gasteiger partial charge < -0.3 is 4.90 Å². The van der Waals surface area contributed by atoms with Crippen molar-refractivity contribution in [2.75, 3.05) is 6.54 Å². The summed E-state index contributed by atoms with van der Waals surface area (Å²) in [5.74, 6) is 0. The van der Waals surface area contributed by atoms with Gasteiger partial charge in [0.15, 0.2) is 0 Å². The second kappa shape index (κ2) is 3.78. The van der Waals surface area contributed by atoms with Gasteiger partial charge in [0.2, 0.25) is 6.41 Å². The first-order chi connectivity index (χ1) is 6.81. The number of aromatic nitrogens is 1. The number of amides is 1. The van der Waals surface area contributed by atoms with Gasteiger partial charge in [-0.3, -0.25) is 9.78 Å². The van der Waals surface area contributed by atoms with E-state index in [-0.39, 0.29) is 6.04 Å². The molecule has 1 unspecified atom stereocenters. The molecule has 14 heavy (non-hydrogen) atoms.